The molecule has 1 aliphatic heterocycles. The number of thioether (sulfide) groups is 1. The molecule has 7 heteroatoms. The lowest BCUT2D eigenvalue weighted by Gasteiger charge is -2.19. The number of halogens is 1. The first-order valence-corrected chi connectivity index (χ1v) is 9.53. The van der Waals surface area contributed by atoms with E-state index in [1.54, 1.807) is 11.2 Å². The highest BCUT2D eigenvalue weighted by Gasteiger charge is 2.30. The largest absolute Gasteiger partial charge is 0.312 e. The van der Waals surface area contributed by atoms with Crippen LogP contribution in [0.4, 0.5) is 10.1 Å². The van der Waals surface area contributed by atoms with Crippen molar-refractivity contribution < 1.29 is 9.18 Å². The van der Waals surface area contributed by atoms with Crippen LogP contribution in [0.25, 0.3) is 0 Å². The summed E-state index contributed by atoms with van der Waals surface area (Å²) in [5.41, 5.74) is 4.16. The van der Waals surface area contributed by atoms with Gasteiger partial charge >= 0.3 is 0 Å². The van der Waals surface area contributed by atoms with Gasteiger partial charge in [-0.15, -0.1) is 10.2 Å². The Morgan fingerprint density at radius 3 is 2.78 bits per heavy atom. The van der Waals surface area contributed by atoms with Crippen LogP contribution in [0, 0.1) is 12.7 Å². The predicted molar refractivity (Wildman–Crippen MR) is 103 cm³/mol. The molecule has 2 aromatic carbocycles. The van der Waals surface area contributed by atoms with Crippen LogP contribution in [0.2, 0.25) is 0 Å². The van der Waals surface area contributed by atoms with Crippen LogP contribution in [-0.4, -0.2) is 20.7 Å². The third-order valence-corrected chi connectivity index (χ3v) is 6.05. The van der Waals surface area contributed by atoms with Gasteiger partial charge in [0.2, 0.25) is 0 Å². The number of fused-ring (bicyclic) bond motifs is 1. The monoisotopic (exact) mass is 382 g/mol. The van der Waals surface area contributed by atoms with Gasteiger partial charge in [-0.2, -0.15) is 0 Å². The van der Waals surface area contributed by atoms with E-state index in [1.807, 2.05) is 49.7 Å². The molecule has 3 aromatic rings. The number of carbonyl (C=O) groups is 1. The summed E-state index contributed by atoms with van der Waals surface area (Å²) < 4.78 is 16.2. The van der Waals surface area contributed by atoms with E-state index in [0.29, 0.717) is 17.8 Å². The number of hydrogen-bond donors (Lipinski definition) is 0. The Balaban J connectivity index is 1.65. The molecular weight excluding hydrogens is 363 g/mol. The number of amides is 1. The van der Waals surface area contributed by atoms with Gasteiger partial charge in [0.05, 0.1) is 6.54 Å². The number of anilines is 1. The smallest absolute Gasteiger partial charge is 0.258 e. The minimum atomic E-state index is -0.353. The maximum Gasteiger partial charge on any atom is 0.258 e. The van der Waals surface area contributed by atoms with Crippen LogP contribution in [0.1, 0.15) is 39.2 Å². The Labute approximate surface area is 161 Å². The average Bonchev–Trinajstić information content (AvgIpc) is 3.19. The van der Waals surface area contributed by atoms with Crippen molar-refractivity contribution in [3.63, 3.8) is 0 Å². The van der Waals surface area contributed by atoms with Crippen molar-refractivity contribution in [3.8, 4) is 0 Å². The van der Waals surface area contributed by atoms with E-state index in [9.17, 15) is 9.18 Å². The van der Waals surface area contributed by atoms with Crippen molar-refractivity contribution in [2.24, 2.45) is 7.05 Å². The molecule has 4 rings (SSSR count). The minimum absolute atomic E-state index is 0.0378. The molecule has 0 radical (unpaired) electrons. The van der Waals surface area contributed by atoms with E-state index < -0.39 is 0 Å². The molecule has 138 valence electrons. The van der Waals surface area contributed by atoms with Crippen LogP contribution < -0.4 is 4.90 Å². The molecule has 0 fully saturated rings. The van der Waals surface area contributed by atoms with Crippen LogP contribution in [-0.2, 0) is 13.6 Å². The normalized spacial score (nSPS) is 14.5. The quantitative estimate of drug-likeness (QED) is 0.632. The van der Waals surface area contributed by atoms with Crippen molar-refractivity contribution in [1.29, 1.82) is 0 Å². The van der Waals surface area contributed by atoms with Crippen LogP contribution >= 0.6 is 11.8 Å². The average molecular weight is 382 g/mol. The molecule has 0 saturated heterocycles. The summed E-state index contributed by atoms with van der Waals surface area (Å²) in [6.45, 7) is 4.45. The fraction of sp³-hybridized carbons (Fsp3) is 0.250. The van der Waals surface area contributed by atoms with Gasteiger partial charge in [0.1, 0.15) is 12.1 Å². The number of benzene rings is 2. The van der Waals surface area contributed by atoms with E-state index in [0.717, 1.165) is 21.8 Å². The third kappa shape index (κ3) is 3.23. The lowest BCUT2D eigenvalue weighted by atomic mass is 10.1. The lowest BCUT2D eigenvalue weighted by molar-refractivity contribution is 0.0996. The second-order valence-corrected chi connectivity index (χ2v) is 8.03. The summed E-state index contributed by atoms with van der Waals surface area (Å²) >= 11 is 1.50. The first-order chi connectivity index (χ1) is 12.9. The summed E-state index contributed by atoms with van der Waals surface area (Å²) in [5, 5.41) is 8.66. The topological polar surface area (TPSA) is 51.0 Å². The molecule has 5 nitrogen and oxygen atoms in total. The minimum Gasteiger partial charge on any atom is -0.312 e. The molecule has 0 spiro atoms. The molecule has 1 amide bonds. The third-order valence-electron chi connectivity index (χ3n) is 4.84. The second kappa shape index (κ2) is 6.81. The van der Waals surface area contributed by atoms with E-state index >= 15 is 0 Å². The molecule has 27 heavy (non-hydrogen) atoms. The molecule has 0 saturated carbocycles. The van der Waals surface area contributed by atoms with E-state index in [-0.39, 0.29) is 17.0 Å². The number of rotatable bonds is 4. The molecule has 1 aliphatic rings. The summed E-state index contributed by atoms with van der Waals surface area (Å²) in [6.07, 6.45) is 1.63. The van der Waals surface area contributed by atoms with Crippen LogP contribution in [0.3, 0.4) is 0 Å². The standard InChI is InChI=1S/C20H19FN4OS/c1-12-5-4-6-17-18(12)10-25(19(17)26)16-8-14(7-15(21)9-16)13(2)27-20-23-22-11-24(20)3/h4-9,11,13H,10H2,1-3H3/t13-/m0/s1. The van der Waals surface area contributed by atoms with Gasteiger partial charge in [0, 0.05) is 23.5 Å². The molecule has 0 N–H and O–H groups in total. The van der Waals surface area contributed by atoms with E-state index in [4.69, 9.17) is 0 Å². The Morgan fingerprint density at radius 2 is 2.07 bits per heavy atom. The van der Waals surface area contributed by atoms with Crippen molar-refractivity contribution >= 4 is 23.4 Å². The molecule has 0 unspecified atom stereocenters. The molecule has 2 heterocycles. The Kier molecular flexibility index (Phi) is 4.47. The zero-order valence-corrected chi connectivity index (χ0v) is 16.1. The van der Waals surface area contributed by atoms with Crippen molar-refractivity contribution in [2.75, 3.05) is 4.90 Å². The fourth-order valence-corrected chi connectivity index (χ4v) is 4.18. The van der Waals surface area contributed by atoms with Gasteiger partial charge < -0.3 is 9.47 Å². The number of nitrogens with zero attached hydrogens (tertiary/aromatic N) is 4. The zero-order valence-electron chi connectivity index (χ0n) is 15.3. The SMILES string of the molecule is Cc1cccc2c1CN(c1cc(F)cc([C@H](C)Sc3nncn3C)c1)C2=O. The van der Waals surface area contributed by atoms with Crippen LogP contribution in [0.15, 0.2) is 47.9 Å². The molecule has 1 aromatic heterocycles. The fourth-order valence-electron chi connectivity index (χ4n) is 3.29. The predicted octanol–water partition coefficient (Wildman–Crippen LogP) is 4.28. The molecule has 0 bridgehead atoms. The van der Waals surface area contributed by atoms with Gasteiger partial charge in [-0.1, -0.05) is 23.9 Å². The van der Waals surface area contributed by atoms with Crippen molar-refractivity contribution in [1.82, 2.24) is 14.8 Å². The zero-order chi connectivity index (χ0) is 19.1. The Hall–Kier alpha value is -2.67. The van der Waals surface area contributed by atoms with Crippen LogP contribution in [0.5, 0.6) is 0 Å². The Bertz CT molecular complexity index is 1030. The Morgan fingerprint density at radius 1 is 1.26 bits per heavy atom. The summed E-state index contributed by atoms with van der Waals surface area (Å²) in [5.74, 6) is -0.438. The summed E-state index contributed by atoms with van der Waals surface area (Å²) in [6, 6.07) is 10.5. The van der Waals surface area contributed by atoms with Crippen molar-refractivity contribution in [2.45, 2.75) is 30.8 Å². The highest BCUT2D eigenvalue weighted by Crippen LogP contribution is 2.37. The second-order valence-electron chi connectivity index (χ2n) is 6.72. The number of aromatic nitrogens is 3. The van der Waals surface area contributed by atoms with Gasteiger partial charge in [-0.05, 0) is 54.8 Å². The number of carbonyl (C=O) groups excluding carboxylic acids is 1. The van der Waals surface area contributed by atoms with Gasteiger partial charge in [-0.25, -0.2) is 4.39 Å². The van der Waals surface area contributed by atoms with Gasteiger partial charge in [0.25, 0.3) is 5.91 Å². The number of hydrogen-bond acceptors (Lipinski definition) is 4. The molecular formula is C20H19FN4OS. The molecule has 0 aliphatic carbocycles. The first-order valence-electron chi connectivity index (χ1n) is 8.65. The highest BCUT2D eigenvalue weighted by molar-refractivity contribution is 7.99. The first kappa shape index (κ1) is 17.7. The summed E-state index contributed by atoms with van der Waals surface area (Å²) in [4.78, 5) is 14.5. The number of aryl methyl sites for hydroxylation is 2. The van der Waals surface area contributed by atoms with E-state index in [1.165, 1.54) is 23.9 Å². The van der Waals surface area contributed by atoms with E-state index in [2.05, 4.69) is 10.2 Å². The molecule has 1 atom stereocenters. The van der Waals surface area contributed by atoms with Crippen molar-refractivity contribution in [3.05, 3.63) is 70.8 Å². The highest BCUT2D eigenvalue weighted by atomic mass is 32.2. The van der Waals surface area contributed by atoms with Gasteiger partial charge in [0.15, 0.2) is 5.16 Å². The maximum atomic E-state index is 14.4. The lowest BCUT2D eigenvalue weighted by Crippen LogP contribution is -2.23. The van der Waals surface area contributed by atoms with Gasteiger partial charge in [-0.3, -0.25) is 4.79 Å². The summed E-state index contributed by atoms with van der Waals surface area (Å²) in [7, 11) is 1.87. The maximum absolute atomic E-state index is 14.4.